The first-order valence-electron chi connectivity index (χ1n) is 6.79. The lowest BCUT2D eigenvalue weighted by molar-refractivity contribution is 0.0715. The fourth-order valence-electron chi connectivity index (χ4n) is 2.70. The van der Waals surface area contributed by atoms with Crippen LogP contribution in [0.3, 0.4) is 0 Å². The summed E-state index contributed by atoms with van der Waals surface area (Å²) in [4.78, 5) is 18.1. The summed E-state index contributed by atoms with van der Waals surface area (Å²) >= 11 is 0. The van der Waals surface area contributed by atoms with Gasteiger partial charge in [0.2, 0.25) is 0 Å². The number of aliphatic hydroxyl groups excluding tert-OH is 1. The second kappa shape index (κ2) is 5.61. The number of pyridine rings is 1. The third-order valence-electron chi connectivity index (χ3n) is 3.72. The van der Waals surface area contributed by atoms with Gasteiger partial charge in [0.15, 0.2) is 0 Å². The maximum Gasteiger partial charge on any atom is 0.254 e. The largest absolute Gasteiger partial charge is 0.391 e. The molecular weight excluding hydrogens is 271 g/mol. The quantitative estimate of drug-likeness (QED) is 0.920. The molecule has 5 heteroatoms. The van der Waals surface area contributed by atoms with Crippen LogP contribution in [0.15, 0.2) is 48.8 Å². The topological polar surface area (TPSA) is 53.4 Å². The molecule has 1 aliphatic rings. The number of carbonyl (C=O) groups is 1. The second-order valence-corrected chi connectivity index (χ2v) is 5.15. The van der Waals surface area contributed by atoms with E-state index in [9.17, 15) is 14.3 Å². The maximum atomic E-state index is 13.0. The monoisotopic (exact) mass is 286 g/mol. The molecule has 1 fully saturated rings. The van der Waals surface area contributed by atoms with E-state index >= 15 is 0 Å². The van der Waals surface area contributed by atoms with Gasteiger partial charge in [0.05, 0.1) is 12.1 Å². The van der Waals surface area contributed by atoms with Gasteiger partial charge >= 0.3 is 0 Å². The third-order valence-corrected chi connectivity index (χ3v) is 3.72. The number of β-amino-alcohol motifs (C(OH)–C–C–N with tert-alkyl or cyclic N) is 1. The van der Waals surface area contributed by atoms with Crippen LogP contribution in [0.4, 0.5) is 4.39 Å². The Bertz CT molecular complexity index is 630. The number of aromatic nitrogens is 1. The van der Waals surface area contributed by atoms with E-state index in [0.717, 1.165) is 5.56 Å². The number of rotatable bonds is 2. The fourth-order valence-corrected chi connectivity index (χ4v) is 2.70. The highest BCUT2D eigenvalue weighted by atomic mass is 19.1. The highest BCUT2D eigenvalue weighted by molar-refractivity contribution is 5.94. The summed E-state index contributed by atoms with van der Waals surface area (Å²) in [6.07, 6.45) is 3.02. The number of aliphatic hydroxyl groups is 1. The van der Waals surface area contributed by atoms with Crippen molar-refractivity contribution in [2.24, 2.45) is 0 Å². The maximum absolute atomic E-state index is 13.0. The van der Waals surface area contributed by atoms with Gasteiger partial charge in [-0.1, -0.05) is 12.1 Å². The van der Waals surface area contributed by atoms with Crippen molar-refractivity contribution in [3.63, 3.8) is 0 Å². The van der Waals surface area contributed by atoms with Gasteiger partial charge in [-0.2, -0.15) is 0 Å². The molecule has 0 unspecified atom stereocenters. The Morgan fingerprint density at radius 2 is 1.86 bits per heavy atom. The summed E-state index contributed by atoms with van der Waals surface area (Å²) in [5.41, 5.74) is 1.36. The van der Waals surface area contributed by atoms with Crippen molar-refractivity contribution in [1.82, 2.24) is 9.88 Å². The van der Waals surface area contributed by atoms with Crippen LogP contribution in [0.5, 0.6) is 0 Å². The summed E-state index contributed by atoms with van der Waals surface area (Å²) in [5, 5.41) is 9.90. The van der Waals surface area contributed by atoms with Crippen LogP contribution >= 0.6 is 0 Å². The highest BCUT2D eigenvalue weighted by Crippen LogP contribution is 2.33. The number of benzene rings is 1. The number of hydrogen-bond donors (Lipinski definition) is 1. The lowest BCUT2D eigenvalue weighted by Gasteiger charge is -2.24. The molecule has 1 N–H and O–H groups in total. The Labute approximate surface area is 121 Å². The van der Waals surface area contributed by atoms with E-state index in [4.69, 9.17) is 0 Å². The molecule has 2 atom stereocenters. The number of nitrogens with zero attached hydrogens (tertiary/aromatic N) is 2. The molecule has 1 aromatic carbocycles. The third kappa shape index (κ3) is 2.78. The van der Waals surface area contributed by atoms with Gasteiger partial charge in [0, 0.05) is 24.5 Å². The molecule has 1 aliphatic heterocycles. The Balaban J connectivity index is 1.89. The Morgan fingerprint density at radius 3 is 2.52 bits per heavy atom. The highest BCUT2D eigenvalue weighted by Gasteiger charge is 2.35. The van der Waals surface area contributed by atoms with Crippen LogP contribution < -0.4 is 0 Å². The number of carbonyl (C=O) groups excluding carboxylic acids is 1. The van der Waals surface area contributed by atoms with Crippen molar-refractivity contribution in [1.29, 1.82) is 0 Å². The van der Waals surface area contributed by atoms with E-state index < -0.39 is 6.10 Å². The molecule has 0 aliphatic carbocycles. The first-order chi connectivity index (χ1) is 10.1. The Morgan fingerprint density at radius 1 is 1.19 bits per heavy atom. The molecule has 0 bridgehead atoms. The molecule has 3 rings (SSSR count). The minimum atomic E-state index is -0.564. The van der Waals surface area contributed by atoms with Crippen LogP contribution in [0.1, 0.15) is 28.4 Å². The van der Waals surface area contributed by atoms with E-state index in [2.05, 4.69) is 4.98 Å². The Kier molecular flexibility index (Phi) is 3.66. The standard InChI is InChI=1S/C16H15FN2O2/c17-13-3-1-11(2-4-13)15-9-14(20)10-19(15)16(21)12-5-7-18-8-6-12/h1-8,14-15,20H,9-10H2/t14-,15+/m1/s1. The number of hydrogen-bond acceptors (Lipinski definition) is 3. The van der Waals surface area contributed by atoms with Crippen LogP contribution in [0.25, 0.3) is 0 Å². The van der Waals surface area contributed by atoms with Gasteiger partial charge in [-0.05, 0) is 36.2 Å². The van der Waals surface area contributed by atoms with E-state index in [-0.39, 0.29) is 24.3 Å². The van der Waals surface area contributed by atoms with Gasteiger partial charge in [-0.3, -0.25) is 9.78 Å². The first kappa shape index (κ1) is 13.7. The zero-order chi connectivity index (χ0) is 14.8. The van der Waals surface area contributed by atoms with Gasteiger partial charge < -0.3 is 10.0 Å². The lowest BCUT2D eigenvalue weighted by Crippen LogP contribution is -2.31. The van der Waals surface area contributed by atoms with Crippen molar-refractivity contribution in [2.75, 3.05) is 6.54 Å². The van der Waals surface area contributed by atoms with Crippen LogP contribution in [0.2, 0.25) is 0 Å². The van der Waals surface area contributed by atoms with E-state index in [1.54, 1.807) is 41.6 Å². The molecule has 2 heterocycles. The minimum absolute atomic E-state index is 0.150. The summed E-state index contributed by atoms with van der Waals surface area (Å²) in [6.45, 7) is 0.281. The number of halogens is 1. The van der Waals surface area contributed by atoms with Crippen molar-refractivity contribution >= 4 is 5.91 Å². The number of likely N-dealkylation sites (tertiary alicyclic amines) is 1. The SMILES string of the molecule is O=C(c1ccncc1)N1C[C@H](O)C[C@H]1c1ccc(F)cc1. The molecular formula is C16H15FN2O2. The summed E-state index contributed by atoms with van der Waals surface area (Å²) in [7, 11) is 0. The zero-order valence-corrected chi connectivity index (χ0v) is 11.3. The van der Waals surface area contributed by atoms with Crippen LogP contribution in [-0.4, -0.2) is 33.5 Å². The van der Waals surface area contributed by atoms with Gasteiger partial charge in [0.1, 0.15) is 5.82 Å². The van der Waals surface area contributed by atoms with Crippen molar-refractivity contribution in [3.8, 4) is 0 Å². The van der Waals surface area contributed by atoms with Crippen LogP contribution in [0, 0.1) is 5.82 Å². The summed E-state index contributed by atoms with van der Waals surface area (Å²) in [5.74, 6) is -0.465. The average molecular weight is 286 g/mol. The molecule has 0 spiro atoms. The van der Waals surface area contributed by atoms with Crippen LogP contribution in [-0.2, 0) is 0 Å². The minimum Gasteiger partial charge on any atom is -0.391 e. The van der Waals surface area contributed by atoms with E-state index in [1.165, 1.54) is 12.1 Å². The molecule has 1 amide bonds. The molecule has 1 aromatic heterocycles. The second-order valence-electron chi connectivity index (χ2n) is 5.15. The predicted octanol–water partition coefficient (Wildman–Crippen LogP) is 2.17. The first-order valence-corrected chi connectivity index (χ1v) is 6.79. The van der Waals surface area contributed by atoms with Crippen molar-refractivity contribution < 1.29 is 14.3 Å². The van der Waals surface area contributed by atoms with E-state index in [1.807, 2.05) is 0 Å². The lowest BCUT2D eigenvalue weighted by atomic mass is 10.0. The summed E-state index contributed by atoms with van der Waals surface area (Å²) < 4.78 is 13.0. The summed E-state index contributed by atoms with van der Waals surface area (Å²) in [6, 6.07) is 9.12. The smallest absolute Gasteiger partial charge is 0.254 e. The van der Waals surface area contributed by atoms with Gasteiger partial charge in [-0.25, -0.2) is 4.39 Å². The molecule has 4 nitrogen and oxygen atoms in total. The molecule has 1 saturated heterocycles. The van der Waals surface area contributed by atoms with Gasteiger partial charge in [-0.15, -0.1) is 0 Å². The normalized spacial score (nSPS) is 21.5. The number of amides is 1. The Hall–Kier alpha value is -2.27. The zero-order valence-electron chi connectivity index (χ0n) is 11.3. The van der Waals surface area contributed by atoms with E-state index in [0.29, 0.717) is 12.0 Å². The molecule has 21 heavy (non-hydrogen) atoms. The molecule has 2 aromatic rings. The van der Waals surface area contributed by atoms with Crippen molar-refractivity contribution in [3.05, 3.63) is 65.7 Å². The molecule has 0 radical (unpaired) electrons. The molecule has 108 valence electrons. The average Bonchev–Trinajstić information content (AvgIpc) is 2.90. The van der Waals surface area contributed by atoms with Crippen molar-refractivity contribution in [2.45, 2.75) is 18.6 Å². The van der Waals surface area contributed by atoms with Gasteiger partial charge in [0.25, 0.3) is 5.91 Å². The fraction of sp³-hybridized carbons (Fsp3) is 0.250. The predicted molar refractivity (Wildman–Crippen MR) is 75.0 cm³/mol. The molecule has 0 saturated carbocycles.